The van der Waals surface area contributed by atoms with Crippen LogP contribution in [0.4, 0.5) is 4.39 Å². The molecule has 0 aliphatic carbocycles. The molecule has 2 rings (SSSR count). The molecule has 21 heavy (non-hydrogen) atoms. The summed E-state index contributed by atoms with van der Waals surface area (Å²) in [4.78, 5) is 0. The number of hydrogen-bond donors (Lipinski definition) is 2. The van der Waals surface area contributed by atoms with Crippen LogP contribution in [-0.2, 0) is 5.60 Å². The molecule has 0 heterocycles. The molecule has 0 saturated heterocycles. The van der Waals surface area contributed by atoms with Gasteiger partial charge in [-0.2, -0.15) is 0 Å². The van der Waals surface area contributed by atoms with Crippen molar-refractivity contribution in [2.75, 3.05) is 6.61 Å². The highest BCUT2D eigenvalue weighted by atomic mass is 19.1. The van der Waals surface area contributed by atoms with E-state index in [1.54, 1.807) is 25.1 Å². The van der Waals surface area contributed by atoms with E-state index in [4.69, 9.17) is 5.11 Å². The van der Waals surface area contributed by atoms with Crippen molar-refractivity contribution < 1.29 is 14.6 Å². The molecule has 2 nitrogen and oxygen atoms in total. The van der Waals surface area contributed by atoms with Crippen LogP contribution in [0.15, 0.2) is 48.5 Å². The Morgan fingerprint density at radius 2 is 1.81 bits per heavy atom. The Hall–Kier alpha value is -2.15. The summed E-state index contributed by atoms with van der Waals surface area (Å²) in [6, 6.07) is 13.6. The van der Waals surface area contributed by atoms with E-state index in [9.17, 15) is 9.50 Å². The summed E-state index contributed by atoms with van der Waals surface area (Å²) in [5.41, 5.74) is 1.05. The van der Waals surface area contributed by atoms with Gasteiger partial charge in [0.1, 0.15) is 11.4 Å². The molecule has 0 fully saturated rings. The summed E-state index contributed by atoms with van der Waals surface area (Å²) in [5, 5.41) is 19.0. The first-order chi connectivity index (χ1) is 10.0. The zero-order valence-electron chi connectivity index (χ0n) is 11.8. The third kappa shape index (κ3) is 3.91. The zero-order chi connectivity index (χ0) is 15.3. The molecule has 0 aromatic heterocycles. The normalized spacial score (nSPS) is 13.1. The Morgan fingerprint density at radius 3 is 2.43 bits per heavy atom. The average Bonchev–Trinajstić information content (AvgIpc) is 2.47. The lowest BCUT2D eigenvalue weighted by Crippen LogP contribution is -2.18. The van der Waals surface area contributed by atoms with Crippen molar-refractivity contribution in [1.82, 2.24) is 0 Å². The first kappa shape index (κ1) is 15.2. The molecule has 1 unspecified atom stereocenters. The van der Waals surface area contributed by atoms with E-state index < -0.39 is 5.60 Å². The molecule has 2 N–H and O–H groups in total. The lowest BCUT2D eigenvalue weighted by Gasteiger charge is -2.17. The van der Waals surface area contributed by atoms with Crippen LogP contribution < -0.4 is 0 Å². The monoisotopic (exact) mass is 284 g/mol. The predicted octanol–water partition coefficient (Wildman–Crippen LogP) is 3.09. The van der Waals surface area contributed by atoms with E-state index in [-0.39, 0.29) is 12.4 Å². The van der Waals surface area contributed by atoms with Crippen molar-refractivity contribution in [3.8, 4) is 23.0 Å². The van der Waals surface area contributed by atoms with Gasteiger partial charge in [-0.25, -0.2) is 4.39 Å². The molecule has 2 aromatic rings. The van der Waals surface area contributed by atoms with Crippen LogP contribution in [0.1, 0.15) is 18.9 Å². The topological polar surface area (TPSA) is 40.5 Å². The summed E-state index contributed by atoms with van der Waals surface area (Å²) in [6.07, 6.45) is 0.331. The summed E-state index contributed by atoms with van der Waals surface area (Å²) >= 11 is 0. The van der Waals surface area contributed by atoms with Gasteiger partial charge in [0.25, 0.3) is 0 Å². The van der Waals surface area contributed by atoms with Crippen molar-refractivity contribution in [2.24, 2.45) is 0 Å². The molecule has 0 saturated carbocycles. The Morgan fingerprint density at radius 1 is 1.10 bits per heavy atom. The molecule has 0 spiro atoms. The van der Waals surface area contributed by atoms with Crippen LogP contribution in [-0.4, -0.2) is 16.8 Å². The van der Waals surface area contributed by atoms with Crippen LogP contribution in [0.25, 0.3) is 11.1 Å². The van der Waals surface area contributed by atoms with Crippen molar-refractivity contribution in [3.63, 3.8) is 0 Å². The van der Waals surface area contributed by atoms with Crippen LogP contribution in [0, 0.1) is 17.7 Å². The molecule has 2 aromatic carbocycles. The molecular formula is C18H17FO2. The number of aliphatic hydroxyl groups excluding tert-OH is 1. The Kier molecular flexibility index (Phi) is 4.74. The summed E-state index contributed by atoms with van der Waals surface area (Å²) in [7, 11) is 0. The summed E-state index contributed by atoms with van der Waals surface area (Å²) in [5.74, 6) is 5.18. The highest BCUT2D eigenvalue weighted by Gasteiger charge is 2.19. The van der Waals surface area contributed by atoms with E-state index in [0.717, 1.165) is 11.1 Å². The number of rotatable bonds is 3. The molecule has 108 valence electrons. The van der Waals surface area contributed by atoms with E-state index >= 15 is 0 Å². The second-order valence-corrected chi connectivity index (χ2v) is 4.94. The van der Waals surface area contributed by atoms with E-state index in [1.165, 1.54) is 12.1 Å². The largest absolute Gasteiger partial charge is 0.395 e. The number of aliphatic hydroxyl groups is 2. The van der Waals surface area contributed by atoms with Crippen molar-refractivity contribution in [2.45, 2.75) is 18.9 Å². The van der Waals surface area contributed by atoms with Gasteiger partial charge in [0.15, 0.2) is 0 Å². The minimum Gasteiger partial charge on any atom is -0.395 e. The smallest absolute Gasteiger partial charge is 0.148 e. The van der Waals surface area contributed by atoms with Crippen molar-refractivity contribution in [1.29, 1.82) is 0 Å². The number of benzene rings is 2. The predicted molar refractivity (Wildman–Crippen MR) is 80.9 cm³/mol. The van der Waals surface area contributed by atoms with E-state index in [0.29, 0.717) is 12.0 Å². The van der Waals surface area contributed by atoms with E-state index in [2.05, 4.69) is 11.8 Å². The van der Waals surface area contributed by atoms with Gasteiger partial charge in [0.05, 0.1) is 6.61 Å². The Labute approximate surface area is 123 Å². The standard InChI is InChI=1S/C18H17FO2/c1-18(21,11-2-3-12-20)16-9-7-14(8-10-16)15-5-4-6-17(19)13-15/h4-10,13,20-21H,3,12H2,1H3. The fourth-order valence-electron chi connectivity index (χ4n) is 2.02. The van der Waals surface area contributed by atoms with Crippen LogP contribution in [0.3, 0.4) is 0 Å². The highest BCUT2D eigenvalue weighted by Crippen LogP contribution is 2.25. The van der Waals surface area contributed by atoms with Crippen LogP contribution >= 0.6 is 0 Å². The van der Waals surface area contributed by atoms with Gasteiger partial charge in [0.2, 0.25) is 0 Å². The van der Waals surface area contributed by atoms with Gasteiger partial charge in [0, 0.05) is 6.42 Å². The molecule has 1 atom stereocenters. The first-order valence-electron chi connectivity index (χ1n) is 6.73. The lowest BCUT2D eigenvalue weighted by molar-refractivity contribution is 0.122. The van der Waals surface area contributed by atoms with Gasteiger partial charge < -0.3 is 10.2 Å². The molecule has 0 amide bonds. The Bertz CT molecular complexity index is 664. The quantitative estimate of drug-likeness (QED) is 0.850. The molecule has 0 radical (unpaired) electrons. The maximum atomic E-state index is 13.2. The maximum absolute atomic E-state index is 13.2. The third-order valence-corrected chi connectivity index (χ3v) is 3.17. The second kappa shape index (κ2) is 6.53. The van der Waals surface area contributed by atoms with Crippen molar-refractivity contribution >= 4 is 0 Å². The third-order valence-electron chi connectivity index (χ3n) is 3.17. The molecule has 0 aliphatic rings. The fourth-order valence-corrected chi connectivity index (χ4v) is 2.02. The first-order valence-corrected chi connectivity index (χ1v) is 6.73. The van der Waals surface area contributed by atoms with Gasteiger partial charge in [-0.15, -0.1) is 0 Å². The van der Waals surface area contributed by atoms with Gasteiger partial charge in [-0.3, -0.25) is 0 Å². The SMILES string of the molecule is CC(O)(C#CCCO)c1ccc(-c2cccc(F)c2)cc1. The maximum Gasteiger partial charge on any atom is 0.148 e. The molecular weight excluding hydrogens is 267 g/mol. The van der Waals surface area contributed by atoms with Gasteiger partial charge in [-0.1, -0.05) is 48.2 Å². The highest BCUT2D eigenvalue weighted by molar-refractivity contribution is 5.64. The minimum absolute atomic E-state index is 0.0262. The average molecular weight is 284 g/mol. The minimum atomic E-state index is -1.27. The summed E-state index contributed by atoms with van der Waals surface area (Å²) < 4.78 is 13.2. The van der Waals surface area contributed by atoms with Gasteiger partial charge in [-0.05, 0) is 35.7 Å². The molecule has 0 bridgehead atoms. The van der Waals surface area contributed by atoms with Crippen LogP contribution in [0.5, 0.6) is 0 Å². The number of hydrogen-bond acceptors (Lipinski definition) is 2. The Balaban J connectivity index is 2.25. The van der Waals surface area contributed by atoms with Crippen molar-refractivity contribution in [3.05, 3.63) is 59.9 Å². The fraction of sp³-hybridized carbons (Fsp3) is 0.222. The lowest BCUT2D eigenvalue weighted by atomic mass is 9.94. The zero-order valence-corrected chi connectivity index (χ0v) is 11.8. The molecule has 0 aliphatic heterocycles. The number of halogens is 1. The summed E-state index contributed by atoms with van der Waals surface area (Å²) in [6.45, 7) is 1.58. The molecule has 3 heteroatoms. The second-order valence-electron chi connectivity index (χ2n) is 4.94. The van der Waals surface area contributed by atoms with E-state index in [1.807, 2.05) is 18.2 Å². The van der Waals surface area contributed by atoms with Gasteiger partial charge >= 0.3 is 0 Å². The van der Waals surface area contributed by atoms with Crippen LogP contribution in [0.2, 0.25) is 0 Å².